The maximum Gasteiger partial charge on any atom is 0.193 e. The second-order valence-electron chi connectivity index (χ2n) is 6.05. The van der Waals surface area contributed by atoms with Crippen molar-refractivity contribution in [2.75, 3.05) is 20.6 Å². The third-order valence-corrected chi connectivity index (χ3v) is 4.31. The summed E-state index contributed by atoms with van der Waals surface area (Å²) in [5, 5.41) is 8.20. The summed E-state index contributed by atoms with van der Waals surface area (Å²) < 4.78 is 5.26. The Morgan fingerprint density at radius 1 is 1.33 bits per heavy atom. The lowest BCUT2D eigenvalue weighted by atomic mass is 10.00. The van der Waals surface area contributed by atoms with E-state index in [0.29, 0.717) is 0 Å². The van der Waals surface area contributed by atoms with E-state index in [1.165, 1.54) is 11.1 Å². The van der Waals surface area contributed by atoms with Crippen molar-refractivity contribution in [3.05, 3.63) is 51.9 Å². The maximum absolute atomic E-state index is 5.93. The molecule has 1 aromatic carbocycles. The summed E-state index contributed by atoms with van der Waals surface area (Å²) in [6.45, 7) is 7.61. The Morgan fingerprint density at radius 3 is 2.54 bits per heavy atom. The highest BCUT2D eigenvalue weighted by Gasteiger charge is 2.17. The van der Waals surface area contributed by atoms with E-state index >= 15 is 0 Å². The van der Waals surface area contributed by atoms with Crippen molar-refractivity contribution in [3.8, 4) is 0 Å². The van der Waals surface area contributed by atoms with E-state index in [2.05, 4.69) is 27.3 Å². The fourth-order valence-electron chi connectivity index (χ4n) is 2.86. The lowest BCUT2D eigenvalue weighted by Gasteiger charge is -2.23. The molecule has 0 saturated heterocycles. The van der Waals surface area contributed by atoms with Crippen LogP contribution in [0.4, 0.5) is 0 Å². The van der Waals surface area contributed by atoms with Crippen LogP contribution in [0, 0.1) is 13.8 Å². The van der Waals surface area contributed by atoms with Gasteiger partial charge in [0.1, 0.15) is 5.76 Å². The van der Waals surface area contributed by atoms with Crippen LogP contribution in [0.5, 0.6) is 0 Å². The monoisotopic (exact) mass is 348 g/mol. The summed E-state index contributed by atoms with van der Waals surface area (Å²) in [6, 6.07) is 7.86. The quantitative estimate of drug-likeness (QED) is 0.660. The minimum absolute atomic E-state index is 0.289. The highest BCUT2D eigenvalue weighted by molar-refractivity contribution is 6.30. The molecular formula is C18H25ClN4O. The van der Waals surface area contributed by atoms with Gasteiger partial charge < -0.3 is 14.7 Å². The first-order chi connectivity index (χ1) is 11.4. The Morgan fingerprint density at radius 2 is 2.00 bits per heavy atom. The van der Waals surface area contributed by atoms with Gasteiger partial charge >= 0.3 is 0 Å². The average Bonchev–Trinajstić information content (AvgIpc) is 2.89. The number of hydrogen-bond donors (Lipinski definition) is 1. The van der Waals surface area contributed by atoms with E-state index in [1.54, 1.807) is 7.05 Å². The van der Waals surface area contributed by atoms with E-state index in [9.17, 15) is 0 Å². The third kappa shape index (κ3) is 4.51. The molecule has 2 rings (SSSR count). The van der Waals surface area contributed by atoms with Crippen molar-refractivity contribution < 1.29 is 4.52 Å². The van der Waals surface area contributed by atoms with Crippen LogP contribution in [0.1, 0.15) is 35.4 Å². The van der Waals surface area contributed by atoms with Crippen molar-refractivity contribution in [2.24, 2.45) is 4.99 Å². The van der Waals surface area contributed by atoms with Gasteiger partial charge in [-0.25, -0.2) is 0 Å². The smallest absolute Gasteiger partial charge is 0.193 e. The van der Waals surface area contributed by atoms with Crippen molar-refractivity contribution in [2.45, 2.75) is 33.2 Å². The zero-order valence-corrected chi connectivity index (χ0v) is 15.7. The topological polar surface area (TPSA) is 53.7 Å². The van der Waals surface area contributed by atoms with Gasteiger partial charge in [-0.3, -0.25) is 4.99 Å². The predicted octanol–water partition coefficient (Wildman–Crippen LogP) is 3.76. The molecule has 0 radical (unpaired) electrons. The van der Waals surface area contributed by atoms with Gasteiger partial charge in [-0.05, 0) is 31.5 Å². The van der Waals surface area contributed by atoms with Crippen LogP contribution < -0.4 is 5.32 Å². The summed E-state index contributed by atoms with van der Waals surface area (Å²) in [6.07, 6.45) is 0. The van der Waals surface area contributed by atoms with Gasteiger partial charge in [-0.2, -0.15) is 0 Å². The van der Waals surface area contributed by atoms with Crippen molar-refractivity contribution in [1.82, 2.24) is 15.4 Å². The van der Waals surface area contributed by atoms with E-state index in [-0.39, 0.29) is 5.92 Å². The van der Waals surface area contributed by atoms with Crippen LogP contribution in [-0.2, 0) is 6.54 Å². The standard InChI is InChI=1S/C18H25ClN4O/c1-12(17-13(2)22-24-14(17)3)10-21-18(20-4)23(5)11-15-6-8-16(19)9-7-15/h6-9,12H,10-11H2,1-5H3,(H,20,21). The first-order valence-electron chi connectivity index (χ1n) is 8.01. The normalized spacial score (nSPS) is 13.0. The van der Waals surface area contributed by atoms with Gasteiger partial charge in [0.2, 0.25) is 0 Å². The Kier molecular flexibility index (Phi) is 6.26. The molecule has 0 aliphatic rings. The van der Waals surface area contributed by atoms with Crippen LogP contribution in [0.2, 0.25) is 5.02 Å². The molecule has 0 amide bonds. The Hall–Kier alpha value is -2.01. The number of guanidine groups is 1. The number of aromatic nitrogens is 1. The van der Waals surface area contributed by atoms with Crippen molar-refractivity contribution in [1.29, 1.82) is 0 Å². The highest BCUT2D eigenvalue weighted by Crippen LogP contribution is 2.22. The van der Waals surface area contributed by atoms with Gasteiger partial charge in [0.05, 0.1) is 5.69 Å². The molecule has 2 aromatic rings. The number of rotatable bonds is 5. The van der Waals surface area contributed by atoms with Gasteiger partial charge in [0.25, 0.3) is 0 Å². The Labute approximate surface area is 148 Å². The molecule has 0 bridgehead atoms. The second-order valence-corrected chi connectivity index (χ2v) is 6.49. The molecule has 6 heteroatoms. The summed E-state index contributed by atoms with van der Waals surface area (Å²) in [7, 11) is 3.81. The van der Waals surface area contributed by atoms with Gasteiger partial charge in [0.15, 0.2) is 5.96 Å². The molecule has 1 atom stereocenters. The first kappa shape index (κ1) is 18.3. The van der Waals surface area contributed by atoms with Gasteiger partial charge in [-0.1, -0.05) is 35.8 Å². The molecule has 1 heterocycles. The lowest BCUT2D eigenvalue weighted by Crippen LogP contribution is -2.40. The van der Waals surface area contributed by atoms with Crippen molar-refractivity contribution in [3.63, 3.8) is 0 Å². The molecular weight excluding hydrogens is 324 g/mol. The largest absolute Gasteiger partial charge is 0.361 e. The van der Waals surface area contributed by atoms with E-state index < -0.39 is 0 Å². The number of nitrogens with one attached hydrogen (secondary N) is 1. The maximum atomic E-state index is 5.93. The fraction of sp³-hybridized carbons (Fsp3) is 0.444. The first-order valence-corrected chi connectivity index (χ1v) is 8.39. The van der Waals surface area contributed by atoms with E-state index in [4.69, 9.17) is 16.1 Å². The van der Waals surface area contributed by atoms with E-state index in [1.807, 2.05) is 45.2 Å². The Balaban J connectivity index is 1.95. The average molecular weight is 349 g/mol. The molecule has 1 N–H and O–H groups in total. The summed E-state index contributed by atoms with van der Waals surface area (Å²) in [4.78, 5) is 6.45. The summed E-state index contributed by atoms with van der Waals surface area (Å²) in [5.74, 6) is 2.02. The highest BCUT2D eigenvalue weighted by atomic mass is 35.5. The van der Waals surface area contributed by atoms with Crippen LogP contribution in [0.25, 0.3) is 0 Å². The number of halogens is 1. The Bertz CT molecular complexity index is 674. The molecule has 0 fully saturated rings. The number of hydrogen-bond acceptors (Lipinski definition) is 3. The molecule has 0 aliphatic carbocycles. The molecule has 130 valence electrons. The minimum Gasteiger partial charge on any atom is -0.361 e. The lowest BCUT2D eigenvalue weighted by molar-refractivity contribution is 0.391. The second kappa shape index (κ2) is 8.20. The number of nitrogens with zero attached hydrogens (tertiary/aromatic N) is 3. The number of aliphatic imine (C=N–C) groups is 1. The fourth-order valence-corrected chi connectivity index (χ4v) is 2.99. The minimum atomic E-state index is 0.289. The molecule has 1 aromatic heterocycles. The van der Waals surface area contributed by atoms with Crippen molar-refractivity contribution >= 4 is 17.6 Å². The molecule has 24 heavy (non-hydrogen) atoms. The predicted molar refractivity (Wildman–Crippen MR) is 98.7 cm³/mol. The molecule has 5 nitrogen and oxygen atoms in total. The van der Waals surface area contributed by atoms with Crippen LogP contribution >= 0.6 is 11.6 Å². The molecule has 0 saturated carbocycles. The SMILES string of the molecule is CN=C(NCC(C)c1c(C)noc1C)N(C)Cc1ccc(Cl)cc1. The van der Waals surface area contributed by atoms with Crippen LogP contribution in [0.3, 0.4) is 0 Å². The van der Waals surface area contributed by atoms with Gasteiger partial charge in [-0.15, -0.1) is 0 Å². The summed E-state index contributed by atoms with van der Waals surface area (Å²) in [5.41, 5.74) is 3.30. The number of aryl methyl sites for hydroxylation is 2. The van der Waals surface area contributed by atoms with Gasteiger partial charge in [0, 0.05) is 43.7 Å². The molecule has 0 aliphatic heterocycles. The van der Waals surface area contributed by atoms with Crippen LogP contribution in [0.15, 0.2) is 33.8 Å². The summed E-state index contributed by atoms with van der Waals surface area (Å²) >= 11 is 5.93. The van der Waals surface area contributed by atoms with E-state index in [0.717, 1.165) is 35.5 Å². The number of benzene rings is 1. The zero-order chi connectivity index (χ0) is 17.7. The third-order valence-electron chi connectivity index (χ3n) is 4.05. The zero-order valence-electron chi connectivity index (χ0n) is 14.9. The molecule has 0 spiro atoms. The van der Waals surface area contributed by atoms with Crippen LogP contribution in [-0.4, -0.2) is 36.7 Å². The molecule has 1 unspecified atom stereocenters.